The van der Waals surface area contributed by atoms with Gasteiger partial charge in [-0.25, -0.2) is 0 Å². The average Bonchev–Trinajstić information content (AvgIpc) is 2.71. The summed E-state index contributed by atoms with van der Waals surface area (Å²) in [6.07, 6.45) is 0.704. The zero-order valence-corrected chi connectivity index (χ0v) is 11.7. The van der Waals surface area contributed by atoms with Crippen LogP contribution in [0.1, 0.15) is 35.6 Å². The van der Waals surface area contributed by atoms with Crippen molar-refractivity contribution in [3.05, 3.63) is 53.0 Å². The van der Waals surface area contributed by atoms with Crippen molar-refractivity contribution in [2.45, 2.75) is 33.2 Å². The molecule has 1 unspecified atom stereocenters. The summed E-state index contributed by atoms with van der Waals surface area (Å²) in [6, 6.07) is 10.5. The van der Waals surface area contributed by atoms with Crippen LogP contribution in [0.15, 0.2) is 34.7 Å². The fourth-order valence-electron chi connectivity index (χ4n) is 2.30. The number of aliphatic hydroxyl groups excluding tert-OH is 1. The van der Waals surface area contributed by atoms with E-state index in [9.17, 15) is 0 Å². The van der Waals surface area contributed by atoms with Crippen LogP contribution in [0.5, 0.6) is 0 Å². The van der Waals surface area contributed by atoms with Gasteiger partial charge < -0.3 is 14.8 Å². The quantitative estimate of drug-likeness (QED) is 0.862. The summed E-state index contributed by atoms with van der Waals surface area (Å²) in [6.45, 7) is 6.27. The minimum atomic E-state index is 0.191. The van der Waals surface area contributed by atoms with Crippen molar-refractivity contribution in [2.24, 2.45) is 0 Å². The standard InChI is InChI=1S/C16H21NO2/c1-11-10-16(13(3)19-11)12(2)17-15-6-4-14(5-7-15)8-9-18/h4-7,10,12,17-18H,8-9H2,1-3H3. The summed E-state index contributed by atoms with van der Waals surface area (Å²) >= 11 is 0. The van der Waals surface area contributed by atoms with Gasteiger partial charge in [-0.05, 0) is 51.0 Å². The average molecular weight is 259 g/mol. The Morgan fingerprint density at radius 2 is 1.89 bits per heavy atom. The third-order valence-corrected chi connectivity index (χ3v) is 3.28. The van der Waals surface area contributed by atoms with Gasteiger partial charge in [-0.1, -0.05) is 12.1 Å². The summed E-state index contributed by atoms with van der Waals surface area (Å²) in [5.74, 6) is 1.91. The lowest BCUT2D eigenvalue weighted by molar-refractivity contribution is 0.299. The molecule has 0 aliphatic heterocycles. The maximum absolute atomic E-state index is 8.89. The Kier molecular flexibility index (Phi) is 4.27. The van der Waals surface area contributed by atoms with Crippen LogP contribution in [-0.4, -0.2) is 11.7 Å². The number of nitrogens with one attached hydrogen (secondary N) is 1. The minimum absolute atomic E-state index is 0.191. The number of anilines is 1. The molecule has 102 valence electrons. The van der Waals surface area contributed by atoms with E-state index in [1.807, 2.05) is 38.1 Å². The number of hydrogen-bond acceptors (Lipinski definition) is 3. The second-order valence-electron chi connectivity index (χ2n) is 4.91. The SMILES string of the molecule is Cc1cc(C(C)Nc2ccc(CCO)cc2)c(C)o1. The smallest absolute Gasteiger partial charge is 0.106 e. The minimum Gasteiger partial charge on any atom is -0.466 e. The van der Waals surface area contributed by atoms with E-state index in [0.29, 0.717) is 6.42 Å². The Balaban J connectivity index is 2.06. The second kappa shape index (κ2) is 5.93. The van der Waals surface area contributed by atoms with Crippen LogP contribution in [0.2, 0.25) is 0 Å². The lowest BCUT2D eigenvalue weighted by Crippen LogP contribution is -2.06. The summed E-state index contributed by atoms with van der Waals surface area (Å²) < 4.78 is 5.56. The number of aryl methyl sites for hydroxylation is 2. The third kappa shape index (κ3) is 3.38. The van der Waals surface area contributed by atoms with E-state index in [1.54, 1.807) is 0 Å². The Bertz CT molecular complexity index is 528. The predicted molar refractivity (Wildman–Crippen MR) is 77.5 cm³/mol. The first-order valence-electron chi connectivity index (χ1n) is 6.63. The van der Waals surface area contributed by atoms with Crippen LogP contribution >= 0.6 is 0 Å². The van der Waals surface area contributed by atoms with Crippen molar-refractivity contribution in [1.82, 2.24) is 0 Å². The first kappa shape index (κ1) is 13.7. The highest BCUT2D eigenvalue weighted by molar-refractivity contribution is 5.47. The van der Waals surface area contributed by atoms with Crippen molar-refractivity contribution in [1.29, 1.82) is 0 Å². The molecule has 0 spiro atoms. The number of benzene rings is 1. The zero-order valence-electron chi connectivity index (χ0n) is 11.7. The monoisotopic (exact) mass is 259 g/mol. The Morgan fingerprint density at radius 3 is 2.42 bits per heavy atom. The maximum Gasteiger partial charge on any atom is 0.106 e. The van der Waals surface area contributed by atoms with Crippen LogP contribution in [0, 0.1) is 13.8 Å². The van der Waals surface area contributed by atoms with E-state index in [2.05, 4.69) is 18.3 Å². The molecule has 0 radical (unpaired) electrons. The highest BCUT2D eigenvalue weighted by atomic mass is 16.3. The lowest BCUT2D eigenvalue weighted by atomic mass is 10.1. The van der Waals surface area contributed by atoms with Gasteiger partial charge >= 0.3 is 0 Å². The zero-order chi connectivity index (χ0) is 13.8. The molecular weight excluding hydrogens is 238 g/mol. The molecule has 2 N–H and O–H groups in total. The largest absolute Gasteiger partial charge is 0.466 e. The van der Waals surface area contributed by atoms with Crippen molar-refractivity contribution < 1.29 is 9.52 Å². The fourth-order valence-corrected chi connectivity index (χ4v) is 2.30. The highest BCUT2D eigenvalue weighted by Crippen LogP contribution is 2.25. The number of rotatable bonds is 5. The van der Waals surface area contributed by atoms with E-state index in [4.69, 9.17) is 9.52 Å². The first-order chi connectivity index (χ1) is 9.10. The third-order valence-electron chi connectivity index (χ3n) is 3.28. The van der Waals surface area contributed by atoms with E-state index >= 15 is 0 Å². The lowest BCUT2D eigenvalue weighted by Gasteiger charge is -2.15. The van der Waals surface area contributed by atoms with Crippen LogP contribution in [0.4, 0.5) is 5.69 Å². The van der Waals surface area contributed by atoms with Gasteiger partial charge in [-0.15, -0.1) is 0 Å². The molecule has 1 atom stereocenters. The van der Waals surface area contributed by atoms with E-state index < -0.39 is 0 Å². The van der Waals surface area contributed by atoms with Crippen molar-refractivity contribution in [2.75, 3.05) is 11.9 Å². The molecule has 3 nitrogen and oxygen atoms in total. The number of furan rings is 1. The molecule has 2 rings (SSSR count). The molecule has 0 aliphatic rings. The Hall–Kier alpha value is -1.74. The molecule has 1 aromatic carbocycles. The van der Waals surface area contributed by atoms with E-state index in [1.165, 1.54) is 5.56 Å². The Labute approximate surface area is 114 Å². The normalized spacial score (nSPS) is 12.4. The molecular formula is C16H21NO2. The van der Waals surface area contributed by atoms with Gasteiger partial charge in [0.05, 0.1) is 6.04 Å². The molecule has 2 aromatic rings. The molecule has 0 bridgehead atoms. The first-order valence-corrected chi connectivity index (χ1v) is 6.63. The molecule has 0 amide bonds. The summed E-state index contributed by atoms with van der Waals surface area (Å²) in [5.41, 5.74) is 3.42. The van der Waals surface area contributed by atoms with Crippen molar-refractivity contribution in [3.8, 4) is 0 Å². The molecule has 1 heterocycles. The van der Waals surface area contributed by atoms with Crippen molar-refractivity contribution in [3.63, 3.8) is 0 Å². The summed E-state index contributed by atoms with van der Waals surface area (Å²) in [5, 5.41) is 12.3. The highest BCUT2D eigenvalue weighted by Gasteiger charge is 2.12. The summed E-state index contributed by atoms with van der Waals surface area (Å²) in [4.78, 5) is 0. The van der Waals surface area contributed by atoms with Crippen LogP contribution in [0.3, 0.4) is 0 Å². The van der Waals surface area contributed by atoms with Gasteiger partial charge in [0.1, 0.15) is 11.5 Å². The topological polar surface area (TPSA) is 45.4 Å². The summed E-state index contributed by atoms with van der Waals surface area (Å²) in [7, 11) is 0. The molecule has 0 fully saturated rings. The molecule has 1 aromatic heterocycles. The van der Waals surface area contributed by atoms with Gasteiger partial charge in [0.25, 0.3) is 0 Å². The fraction of sp³-hybridized carbons (Fsp3) is 0.375. The maximum atomic E-state index is 8.89. The number of aliphatic hydroxyl groups is 1. The van der Waals surface area contributed by atoms with Gasteiger partial charge in [0.2, 0.25) is 0 Å². The van der Waals surface area contributed by atoms with Crippen LogP contribution < -0.4 is 5.32 Å². The molecule has 0 aliphatic carbocycles. The van der Waals surface area contributed by atoms with Crippen molar-refractivity contribution >= 4 is 5.69 Å². The van der Waals surface area contributed by atoms with E-state index in [-0.39, 0.29) is 12.6 Å². The second-order valence-corrected chi connectivity index (χ2v) is 4.91. The predicted octanol–water partition coefficient (Wildman–Crippen LogP) is 3.60. The van der Waals surface area contributed by atoms with Gasteiger partial charge in [0, 0.05) is 17.9 Å². The van der Waals surface area contributed by atoms with Crippen LogP contribution in [0.25, 0.3) is 0 Å². The molecule has 19 heavy (non-hydrogen) atoms. The molecule has 0 saturated heterocycles. The molecule has 0 saturated carbocycles. The van der Waals surface area contributed by atoms with Gasteiger partial charge in [0.15, 0.2) is 0 Å². The van der Waals surface area contributed by atoms with Gasteiger partial charge in [-0.2, -0.15) is 0 Å². The Morgan fingerprint density at radius 1 is 1.21 bits per heavy atom. The van der Waals surface area contributed by atoms with E-state index in [0.717, 1.165) is 22.8 Å². The van der Waals surface area contributed by atoms with Crippen LogP contribution in [-0.2, 0) is 6.42 Å². The molecule has 3 heteroatoms. The number of hydrogen-bond donors (Lipinski definition) is 2. The van der Waals surface area contributed by atoms with Gasteiger partial charge in [-0.3, -0.25) is 0 Å².